The number of rotatable bonds is 6. The average molecular weight is 526 g/mol. The second-order valence-corrected chi connectivity index (χ2v) is 6.27. The smallest absolute Gasteiger partial charge is 0.490 e. The number of benzene rings is 2. The summed E-state index contributed by atoms with van der Waals surface area (Å²) in [5.74, 6) is -5.10. The van der Waals surface area contributed by atoms with Crippen molar-refractivity contribution in [3.63, 3.8) is 0 Å². The third-order valence-corrected chi connectivity index (χ3v) is 3.46. The molecule has 36 heavy (non-hydrogen) atoms. The van der Waals surface area contributed by atoms with Crippen LogP contribution in [0.3, 0.4) is 0 Å². The van der Waals surface area contributed by atoms with Gasteiger partial charge in [-0.15, -0.1) is 0 Å². The lowest BCUT2D eigenvalue weighted by molar-refractivity contribution is -0.193. The third kappa shape index (κ3) is 13.3. The van der Waals surface area contributed by atoms with Crippen molar-refractivity contribution >= 4 is 29.4 Å². The highest BCUT2D eigenvalue weighted by Gasteiger charge is 2.38. The van der Waals surface area contributed by atoms with Crippen LogP contribution in [0.4, 0.5) is 32.0 Å². The van der Waals surface area contributed by atoms with E-state index in [4.69, 9.17) is 41.4 Å². The Morgan fingerprint density at radius 1 is 0.889 bits per heavy atom. The first kappa shape index (κ1) is 31.5. The number of amidine groups is 1. The standard InChI is InChI=1S/C16H18N4O2.2C2HF3O2/c17-13-6-4-11(5-7-13)16(21)20-8-9-22-14-3-1-2-12(10-14)15(18)19;2*3-2(4,5)1(6)7/h1-7,10H,8-9,17H2,(H3,18,19)(H,20,21);2*(H,6,7). The second kappa shape index (κ2) is 14.0. The molecule has 0 aliphatic carbocycles. The van der Waals surface area contributed by atoms with E-state index in [0.29, 0.717) is 35.7 Å². The minimum Gasteiger partial charge on any atom is -0.492 e. The van der Waals surface area contributed by atoms with Crippen LogP contribution in [0.1, 0.15) is 15.9 Å². The van der Waals surface area contributed by atoms with Gasteiger partial charge in [-0.25, -0.2) is 9.59 Å². The first-order valence-electron chi connectivity index (χ1n) is 9.26. The van der Waals surface area contributed by atoms with Gasteiger partial charge >= 0.3 is 24.3 Å². The van der Waals surface area contributed by atoms with Gasteiger partial charge in [-0.1, -0.05) is 12.1 Å². The van der Waals surface area contributed by atoms with Crippen molar-refractivity contribution in [2.75, 3.05) is 18.9 Å². The van der Waals surface area contributed by atoms with Gasteiger partial charge in [-0.05, 0) is 36.4 Å². The van der Waals surface area contributed by atoms with Crippen molar-refractivity contribution in [1.29, 1.82) is 5.41 Å². The number of aliphatic carboxylic acids is 2. The van der Waals surface area contributed by atoms with E-state index >= 15 is 0 Å². The SMILES string of the molecule is N=C(N)c1cccc(OCCNC(=O)c2ccc(N)cc2)c1.O=C(O)C(F)(F)F.O=C(O)C(F)(F)F. The number of ether oxygens (including phenoxy) is 1. The summed E-state index contributed by atoms with van der Waals surface area (Å²) in [6.07, 6.45) is -10.2. The number of anilines is 1. The van der Waals surface area contributed by atoms with Gasteiger partial charge in [0.1, 0.15) is 18.2 Å². The number of carboxylic acids is 2. The molecule has 0 saturated heterocycles. The molecule has 0 aliphatic rings. The van der Waals surface area contributed by atoms with Gasteiger partial charge in [-0.3, -0.25) is 10.2 Å². The summed E-state index contributed by atoms with van der Waals surface area (Å²) < 4.78 is 69.0. The summed E-state index contributed by atoms with van der Waals surface area (Å²) in [5.41, 5.74) is 12.7. The molecule has 2 rings (SSSR count). The van der Waals surface area contributed by atoms with E-state index < -0.39 is 24.3 Å². The molecule has 2 aromatic carbocycles. The highest BCUT2D eigenvalue weighted by molar-refractivity contribution is 5.95. The maximum Gasteiger partial charge on any atom is 0.490 e. The molecule has 0 fully saturated rings. The van der Waals surface area contributed by atoms with Crippen LogP contribution in [-0.2, 0) is 9.59 Å². The minimum absolute atomic E-state index is 0.0119. The van der Waals surface area contributed by atoms with E-state index in [1.807, 2.05) is 0 Å². The van der Waals surface area contributed by atoms with E-state index in [0.717, 1.165) is 0 Å². The van der Waals surface area contributed by atoms with Gasteiger partial charge in [0.25, 0.3) is 5.91 Å². The molecular formula is C20H20F6N4O6. The molecule has 1 amide bonds. The van der Waals surface area contributed by atoms with Crippen LogP contribution < -0.4 is 21.5 Å². The lowest BCUT2D eigenvalue weighted by Crippen LogP contribution is -2.28. The van der Waals surface area contributed by atoms with Crippen LogP contribution >= 0.6 is 0 Å². The monoisotopic (exact) mass is 526 g/mol. The molecule has 16 heteroatoms. The predicted octanol–water partition coefficient (Wildman–Crippen LogP) is 2.63. The number of alkyl halides is 6. The molecule has 0 bridgehead atoms. The van der Waals surface area contributed by atoms with Crippen LogP contribution in [0.2, 0.25) is 0 Å². The van der Waals surface area contributed by atoms with Gasteiger partial charge in [0.2, 0.25) is 0 Å². The molecule has 0 radical (unpaired) electrons. The summed E-state index contributed by atoms with van der Waals surface area (Å²) in [4.78, 5) is 29.7. The van der Waals surface area contributed by atoms with Crippen LogP contribution in [0.15, 0.2) is 48.5 Å². The van der Waals surface area contributed by atoms with Crippen molar-refractivity contribution in [2.24, 2.45) is 5.73 Å². The van der Waals surface area contributed by atoms with Gasteiger partial charge in [0, 0.05) is 16.8 Å². The van der Waals surface area contributed by atoms with Gasteiger partial charge in [-0.2, -0.15) is 26.3 Å². The van der Waals surface area contributed by atoms with Crippen molar-refractivity contribution < 1.29 is 55.7 Å². The molecule has 0 aliphatic heterocycles. The van der Waals surface area contributed by atoms with Crippen LogP contribution in [0.25, 0.3) is 0 Å². The molecule has 198 valence electrons. The summed E-state index contributed by atoms with van der Waals surface area (Å²) >= 11 is 0. The fourth-order valence-corrected chi connectivity index (χ4v) is 1.82. The number of carboxylic acid groups (broad SMARTS) is 2. The van der Waals surface area contributed by atoms with Crippen molar-refractivity contribution in [1.82, 2.24) is 5.32 Å². The normalized spacial score (nSPS) is 10.5. The number of nitrogens with two attached hydrogens (primary N) is 2. The van der Waals surface area contributed by atoms with E-state index in [1.165, 1.54) is 0 Å². The first-order valence-corrected chi connectivity index (χ1v) is 9.26. The van der Waals surface area contributed by atoms with Gasteiger partial charge in [0.15, 0.2) is 0 Å². The van der Waals surface area contributed by atoms with Crippen molar-refractivity contribution in [2.45, 2.75) is 12.4 Å². The van der Waals surface area contributed by atoms with Crippen LogP contribution in [0.5, 0.6) is 5.75 Å². The largest absolute Gasteiger partial charge is 0.492 e. The lowest BCUT2D eigenvalue weighted by atomic mass is 10.2. The molecule has 0 heterocycles. The van der Waals surface area contributed by atoms with Crippen LogP contribution in [0, 0.1) is 5.41 Å². The highest BCUT2D eigenvalue weighted by atomic mass is 19.4. The Kier molecular flexibility index (Phi) is 12.3. The molecule has 0 unspecified atom stereocenters. The summed E-state index contributed by atoms with van der Waals surface area (Å²) in [7, 11) is 0. The average Bonchev–Trinajstić information content (AvgIpc) is 2.77. The first-order chi connectivity index (χ1) is 16.4. The maximum atomic E-state index is 11.9. The molecule has 8 N–H and O–H groups in total. The van der Waals surface area contributed by atoms with Crippen LogP contribution in [-0.4, -0.2) is 59.4 Å². The molecule has 0 saturated carbocycles. The quantitative estimate of drug-likeness (QED) is 0.109. The number of hydrogen-bond acceptors (Lipinski definition) is 6. The Morgan fingerprint density at radius 2 is 1.36 bits per heavy atom. The molecular weight excluding hydrogens is 506 g/mol. The second-order valence-electron chi connectivity index (χ2n) is 6.27. The number of nitrogen functional groups attached to an aromatic ring is 2. The Balaban J connectivity index is 0.000000720. The van der Waals surface area contributed by atoms with E-state index in [9.17, 15) is 31.1 Å². The summed E-state index contributed by atoms with van der Waals surface area (Å²) in [6.45, 7) is 0.690. The number of nitrogens with one attached hydrogen (secondary N) is 2. The molecule has 2 aromatic rings. The van der Waals surface area contributed by atoms with Crippen molar-refractivity contribution in [3.8, 4) is 5.75 Å². The summed E-state index contributed by atoms with van der Waals surface area (Å²) in [6, 6.07) is 13.6. The molecule has 10 nitrogen and oxygen atoms in total. The fourth-order valence-electron chi connectivity index (χ4n) is 1.82. The number of halogens is 6. The Labute approximate surface area is 199 Å². The fraction of sp³-hybridized carbons (Fsp3) is 0.200. The molecule has 0 aromatic heterocycles. The van der Waals surface area contributed by atoms with Gasteiger partial charge in [0.05, 0.1) is 6.54 Å². The highest BCUT2D eigenvalue weighted by Crippen LogP contribution is 2.14. The number of carbonyl (C=O) groups excluding carboxylic acids is 1. The summed E-state index contributed by atoms with van der Waals surface area (Å²) in [5, 5.41) is 24.4. The topological polar surface area (TPSA) is 189 Å². The minimum atomic E-state index is -5.08. The van der Waals surface area contributed by atoms with E-state index in [1.54, 1.807) is 48.5 Å². The third-order valence-electron chi connectivity index (χ3n) is 3.46. The van der Waals surface area contributed by atoms with Crippen molar-refractivity contribution in [3.05, 3.63) is 59.7 Å². The van der Waals surface area contributed by atoms with Gasteiger partial charge < -0.3 is 31.7 Å². The number of amides is 1. The Hall–Kier alpha value is -4.50. The zero-order valence-corrected chi connectivity index (χ0v) is 18.0. The Bertz CT molecular complexity index is 1020. The predicted molar refractivity (Wildman–Crippen MR) is 114 cm³/mol. The lowest BCUT2D eigenvalue weighted by Gasteiger charge is -2.09. The van der Waals surface area contributed by atoms with E-state index in [-0.39, 0.29) is 11.7 Å². The number of hydrogen-bond donors (Lipinski definition) is 6. The maximum absolute atomic E-state index is 11.9. The zero-order valence-electron chi connectivity index (χ0n) is 18.0. The van der Waals surface area contributed by atoms with E-state index in [2.05, 4.69) is 5.32 Å². The molecule has 0 spiro atoms. The zero-order chi connectivity index (χ0) is 28.1. The Morgan fingerprint density at radius 3 is 1.78 bits per heavy atom. The molecule has 0 atom stereocenters. The number of carbonyl (C=O) groups is 3.